The molecule has 2 fully saturated rings. The average molecular weight is 450 g/mol. The molecule has 5 rings (SSSR count). The van der Waals surface area contributed by atoms with Crippen LogP contribution in [-0.2, 0) is 11.2 Å². The first-order valence-corrected chi connectivity index (χ1v) is 13.1. The van der Waals surface area contributed by atoms with Crippen molar-refractivity contribution in [1.82, 2.24) is 24.8 Å². The zero-order valence-corrected chi connectivity index (χ0v) is 20.4. The molecule has 0 radical (unpaired) electrons. The molecule has 1 amide bonds. The molecule has 0 spiro atoms. The van der Waals surface area contributed by atoms with Gasteiger partial charge in [0.05, 0.1) is 11.7 Å². The molecule has 2 aromatic heterocycles. The number of fused-ring (bicyclic) bond motifs is 1. The third-order valence-electron chi connectivity index (χ3n) is 8.08. The van der Waals surface area contributed by atoms with Crippen LogP contribution in [0.5, 0.6) is 0 Å². The summed E-state index contributed by atoms with van der Waals surface area (Å²) in [7, 11) is 0. The average Bonchev–Trinajstić information content (AvgIpc) is 3.55. The lowest BCUT2D eigenvalue weighted by molar-refractivity contribution is -0.121. The Labute approximate surface area is 197 Å². The van der Waals surface area contributed by atoms with E-state index in [0.717, 1.165) is 53.5 Å². The van der Waals surface area contributed by atoms with E-state index in [1.54, 1.807) is 0 Å². The minimum atomic E-state index is 0.168. The lowest BCUT2D eigenvalue weighted by atomic mass is 9.93. The number of rotatable bonds is 7. The van der Waals surface area contributed by atoms with Gasteiger partial charge in [0.25, 0.3) is 0 Å². The van der Waals surface area contributed by atoms with Gasteiger partial charge in [0, 0.05) is 36.5 Å². The van der Waals surface area contributed by atoms with Gasteiger partial charge in [0.15, 0.2) is 5.65 Å². The Balaban J connectivity index is 1.29. The van der Waals surface area contributed by atoms with Crippen molar-refractivity contribution in [3.05, 3.63) is 40.9 Å². The summed E-state index contributed by atoms with van der Waals surface area (Å²) in [5.41, 5.74) is 5.41. The molecule has 1 saturated heterocycles. The van der Waals surface area contributed by atoms with Crippen molar-refractivity contribution in [2.75, 3.05) is 13.1 Å². The van der Waals surface area contributed by atoms with Gasteiger partial charge in [-0.15, -0.1) is 0 Å². The van der Waals surface area contributed by atoms with Crippen molar-refractivity contribution in [1.29, 1.82) is 0 Å². The normalized spacial score (nSPS) is 24.2. The Bertz CT molecular complexity index is 1020. The number of allylic oxidation sites excluding steroid dienone is 2. The molecular weight excluding hydrogens is 410 g/mol. The van der Waals surface area contributed by atoms with Gasteiger partial charge in [-0.05, 0) is 83.2 Å². The Morgan fingerprint density at radius 1 is 1.12 bits per heavy atom. The third-order valence-corrected chi connectivity index (χ3v) is 8.08. The van der Waals surface area contributed by atoms with Crippen LogP contribution in [0.3, 0.4) is 0 Å². The highest BCUT2D eigenvalue weighted by molar-refractivity contribution is 5.76. The molecule has 2 atom stereocenters. The van der Waals surface area contributed by atoms with Gasteiger partial charge in [0.2, 0.25) is 5.91 Å². The van der Waals surface area contributed by atoms with E-state index in [1.807, 2.05) is 4.52 Å². The van der Waals surface area contributed by atoms with Gasteiger partial charge >= 0.3 is 0 Å². The zero-order chi connectivity index (χ0) is 22.8. The molecule has 33 heavy (non-hydrogen) atoms. The summed E-state index contributed by atoms with van der Waals surface area (Å²) < 4.78 is 2.02. The lowest BCUT2D eigenvalue weighted by Gasteiger charge is -2.28. The molecule has 6 heteroatoms. The van der Waals surface area contributed by atoms with Crippen LogP contribution in [0.2, 0.25) is 0 Å². The molecule has 0 aromatic carbocycles. The van der Waals surface area contributed by atoms with Crippen molar-refractivity contribution in [3.8, 4) is 0 Å². The summed E-state index contributed by atoms with van der Waals surface area (Å²) in [4.78, 5) is 20.0. The second-order valence-corrected chi connectivity index (χ2v) is 10.5. The number of nitrogens with one attached hydrogen (secondary N) is 1. The molecule has 2 aliphatic carbocycles. The van der Waals surface area contributed by atoms with Gasteiger partial charge in [-0.3, -0.25) is 9.69 Å². The van der Waals surface area contributed by atoms with Crippen molar-refractivity contribution < 1.29 is 4.79 Å². The quantitative estimate of drug-likeness (QED) is 0.615. The van der Waals surface area contributed by atoms with Crippen molar-refractivity contribution in [2.45, 2.75) is 96.6 Å². The molecule has 3 aliphatic rings. The van der Waals surface area contributed by atoms with E-state index in [0.29, 0.717) is 18.5 Å². The minimum Gasteiger partial charge on any atom is -0.353 e. The highest BCUT2D eigenvalue weighted by Gasteiger charge is 2.30. The van der Waals surface area contributed by atoms with Crippen LogP contribution >= 0.6 is 0 Å². The number of carbonyl (C=O) groups excluding carboxylic acids is 1. The summed E-state index contributed by atoms with van der Waals surface area (Å²) in [6, 6.07) is 2.98. The van der Waals surface area contributed by atoms with Gasteiger partial charge in [-0.25, -0.2) is 9.50 Å². The van der Waals surface area contributed by atoms with Gasteiger partial charge < -0.3 is 5.32 Å². The number of likely N-dealkylation sites (tertiary alicyclic amines) is 1. The molecule has 0 bridgehead atoms. The van der Waals surface area contributed by atoms with Crippen molar-refractivity contribution in [2.24, 2.45) is 5.92 Å². The fourth-order valence-electron chi connectivity index (χ4n) is 6.21. The van der Waals surface area contributed by atoms with Crippen LogP contribution in [0.15, 0.2) is 18.2 Å². The monoisotopic (exact) mass is 449 g/mol. The lowest BCUT2D eigenvalue weighted by Crippen LogP contribution is -2.32. The molecule has 2 aromatic rings. The third kappa shape index (κ3) is 5.01. The summed E-state index contributed by atoms with van der Waals surface area (Å²) in [5.74, 6) is 0.942. The van der Waals surface area contributed by atoms with E-state index in [-0.39, 0.29) is 5.91 Å². The minimum absolute atomic E-state index is 0.168. The fourth-order valence-corrected chi connectivity index (χ4v) is 6.21. The van der Waals surface area contributed by atoms with Gasteiger partial charge in [-0.1, -0.05) is 25.0 Å². The first-order chi connectivity index (χ1) is 16.1. The summed E-state index contributed by atoms with van der Waals surface area (Å²) in [5, 5.41) is 8.26. The molecule has 178 valence electrons. The maximum atomic E-state index is 12.5. The van der Waals surface area contributed by atoms with Crippen molar-refractivity contribution >= 4 is 11.6 Å². The van der Waals surface area contributed by atoms with E-state index in [9.17, 15) is 4.79 Å². The smallest absolute Gasteiger partial charge is 0.220 e. The summed E-state index contributed by atoms with van der Waals surface area (Å²) in [6.45, 7) is 6.55. The predicted molar refractivity (Wildman–Crippen MR) is 131 cm³/mol. The Morgan fingerprint density at radius 3 is 2.76 bits per heavy atom. The standard InChI is InChI=1S/C27H39N5O/c1-19-23(14-15-27(33)29-22-11-6-7-12-22)20(2)32-26(28-19)17-24(30-32)25-13-8-16-31(25)18-21-9-4-3-5-10-21/h3-4,17,21-22,25H,5-16,18H2,1-2H3,(H,29,33)/t21-,25-/m0/s1. The van der Waals surface area contributed by atoms with Crippen LogP contribution in [0, 0.1) is 19.8 Å². The Morgan fingerprint density at radius 2 is 1.97 bits per heavy atom. The number of nitrogens with zero attached hydrogens (tertiary/aromatic N) is 4. The summed E-state index contributed by atoms with van der Waals surface area (Å²) >= 11 is 0. The highest BCUT2D eigenvalue weighted by atomic mass is 16.1. The molecular formula is C27H39N5O. The number of carbonyl (C=O) groups is 1. The number of aromatic nitrogens is 3. The maximum Gasteiger partial charge on any atom is 0.220 e. The highest BCUT2D eigenvalue weighted by Crippen LogP contribution is 2.34. The SMILES string of the molecule is Cc1nc2cc([C@@H]3CCCN3C[C@H]3CC=CCC3)nn2c(C)c1CCC(=O)NC1CCCC1. The second-order valence-electron chi connectivity index (χ2n) is 10.5. The van der Waals surface area contributed by atoms with Crippen LogP contribution < -0.4 is 5.32 Å². The molecule has 0 unspecified atom stereocenters. The Hall–Kier alpha value is -2.21. The van der Waals surface area contributed by atoms with Crippen LogP contribution in [0.25, 0.3) is 5.65 Å². The summed E-state index contributed by atoms with van der Waals surface area (Å²) in [6.07, 6.45) is 16.8. The van der Waals surface area contributed by atoms with E-state index < -0.39 is 0 Å². The molecule has 3 heterocycles. The molecule has 1 N–H and O–H groups in total. The van der Waals surface area contributed by atoms with E-state index >= 15 is 0 Å². The van der Waals surface area contributed by atoms with E-state index in [4.69, 9.17) is 10.1 Å². The molecule has 6 nitrogen and oxygen atoms in total. The Kier molecular flexibility index (Phi) is 6.81. The maximum absolute atomic E-state index is 12.5. The second kappa shape index (κ2) is 9.96. The van der Waals surface area contributed by atoms with Crippen LogP contribution in [0.1, 0.15) is 92.9 Å². The number of hydrogen-bond donors (Lipinski definition) is 1. The largest absolute Gasteiger partial charge is 0.353 e. The van der Waals surface area contributed by atoms with Gasteiger partial charge in [-0.2, -0.15) is 5.10 Å². The molecule has 1 saturated carbocycles. The van der Waals surface area contributed by atoms with Crippen LogP contribution in [-0.4, -0.2) is 44.5 Å². The topological polar surface area (TPSA) is 62.5 Å². The van der Waals surface area contributed by atoms with E-state index in [1.165, 1.54) is 58.0 Å². The predicted octanol–water partition coefficient (Wildman–Crippen LogP) is 4.83. The first-order valence-electron chi connectivity index (χ1n) is 13.1. The number of hydrogen-bond acceptors (Lipinski definition) is 4. The fraction of sp³-hybridized carbons (Fsp3) is 0.667. The number of amides is 1. The van der Waals surface area contributed by atoms with Gasteiger partial charge in [0.1, 0.15) is 0 Å². The zero-order valence-electron chi connectivity index (χ0n) is 20.4. The molecule has 1 aliphatic heterocycles. The van der Waals surface area contributed by atoms with Crippen LogP contribution in [0.4, 0.5) is 0 Å². The van der Waals surface area contributed by atoms with Crippen molar-refractivity contribution in [3.63, 3.8) is 0 Å². The number of aryl methyl sites for hydroxylation is 2. The first kappa shape index (κ1) is 22.6. The van der Waals surface area contributed by atoms with E-state index in [2.05, 4.69) is 42.3 Å².